The SMILES string of the molecule is Cc1cncc(CC2NC(COC3=CC(Cl)C(I)C=C3)=CS2)c1C. The van der Waals surface area contributed by atoms with Gasteiger partial charge in [-0.3, -0.25) is 4.98 Å². The lowest BCUT2D eigenvalue weighted by Gasteiger charge is -2.18. The van der Waals surface area contributed by atoms with Gasteiger partial charge in [0.15, 0.2) is 0 Å². The van der Waals surface area contributed by atoms with Crippen LogP contribution in [0.4, 0.5) is 0 Å². The molecule has 0 spiro atoms. The van der Waals surface area contributed by atoms with E-state index in [2.05, 4.69) is 58.2 Å². The second-order valence-corrected chi connectivity index (χ2v) is 8.98. The van der Waals surface area contributed by atoms with Crippen LogP contribution in [0.2, 0.25) is 0 Å². The van der Waals surface area contributed by atoms with Crippen molar-refractivity contribution >= 4 is 46.0 Å². The Bertz CT molecular complexity index is 704. The van der Waals surface area contributed by atoms with E-state index in [0.717, 1.165) is 17.9 Å². The number of alkyl halides is 2. The second-order valence-electron chi connectivity index (χ2n) is 5.96. The van der Waals surface area contributed by atoms with Gasteiger partial charge in [0, 0.05) is 22.7 Å². The van der Waals surface area contributed by atoms with Crippen LogP contribution in [0.15, 0.2) is 47.5 Å². The summed E-state index contributed by atoms with van der Waals surface area (Å²) in [6.07, 6.45) is 10.9. The summed E-state index contributed by atoms with van der Waals surface area (Å²) in [7, 11) is 0. The van der Waals surface area contributed by atoms with E-state index in [4.69, 9.17) is 16.3 Å². The molecule has 2 heterocycles. The Morgan fingerprint density at radius 1 is 1.38 bits per heavy atom. The third-order valence-electron chi connectivity index (χ3n) is 4.16. The molecule has 1 aromatic heterocycles. The number of halogens is 2. The first-order valence-electron chi connectivity index (χ1n) is 7.85. The average Bonchev–Trinajstić information content (AvgIpc) is 3.00. The molecule has 24 heavy (non-hydrogen) atoms. The first kappa shape index (κ1) is 18.1. The van der Waals surface area contributed by atoms with Crippen molar-refractivity contribution in [1.82, 2.24) is 10.3 Å². The molecule has 0 aromatic carbocycles. The van der Waals surface area contributed by atoms with E-state index in [1.54, 1.807) is 11.8 Å². The van der Waals surface area contributed by atoms with Crippen molar-refractivity contribution in [3.63, 3.8) is 0 Å². The minimum atomic E-state index is -0.00460. The van der Waals surface area contributed by atoms with E-state index < -0.39 is 0 Å². The van der Waals surface area contributed by atoms with Gasteiger partial charge in [-0.05, 0) is 48.1 Å². The number of aromatic nitrogens is 1. The van der Waals surface area contributed by atoms with Gasteiger partial charge in [0.05, 0.1) is 16.4 Å². The number of thioether (sulfide) groups is 1. The summed E-state index contributed by atoms with van der Waals surface area (Å²) >= 11 is 10.4. The fourth-order valence-corrected chi connectivity index (χ4v) is 4.14. The maximum absolute atomic E-state index is 6.24. The number of aryl methyl sites for hydroxylation is 1. The highest BCUT2D eigenvalue weighted by atomic mass is 127. The molecule has 0 saturated heterocycles. The van der Waals surface area contributed by atoms with Crippen LogP contribution in [0.5, 0.6) is 0 Å². The molecule has 0 amide bonds. The molecule has 2 aliphatic rings. The summed E-state index contributed by atoms with van der Waals surface area (Å²) in [4.78, 5) is 4.31. The molecule has 6 heteroatoms. The first-order chi connectivity index (χ1) is 11.5. The van der Waals surface area contributed by atoms with Crippen LogP contribution in [0.25, 0.3) is 0 Å². The number of nitrogens with zero attached hydrogens (tertiary/aromatic N) is 1. The van der Waals surface area contributed by atoms with Gasteiger partial charge in [0.1, 0.15) is 12.4 Å². The topological polar surface area (TPSA) is 34.2 Å². The number of ether oxygens (including phenoxy) is 1. The standard InChI is InChI=1S/C18H20ClIN2OS/c1-11-7-21-8-13(12(11)2)5-18-22-14(10-24-18)9-23-15-3-4-17(20)16(19)6-15/h3-4,6-8,10,16-18,22H,5,9H2,1-2H3. The third-order valence-corrected chi connectivity index (χ3v) is 7.21. The van der Waals surface area contributed by atoms with Gasteiger partial charge in [0.25, 0.3) is 0 Å². The smallest absolute Gasteiger partial charge is 0.128 e. The molecule has 0 saturated carbocycles. The van der Waals surface area contributed by atoms with E-state index in [1.807, 2.05) is 24.5 Å². The number of hydrogen-bond acceptors (Lipinski definition) is 4. The molecule has 3 nitrogen and oxygen atoms in total. The molecule has 3 unspecified atom stereocenters. The van der Waals surface area contributed by atoms with Crippen molar-refractivity contribution in [2.45, 2.75) is 34.9 Å². The molecule has 1 aliphatic carbocycles. The van der Waals surface area contributed by atoms with Gasteiger partial charge in [-0.25, -0.2) is 0 Å². The normalized spacial score (nSPS) is 25.9. The largest absolute Gasteiger partial charge is 0.488 e. The Hall–Kier alpha value is -0.660. The van der Waals surface area contributed by atoms with Crippen molar-refractivity contribution < 1.29 is 4.74 Å². The first-order valence-corrected chi connectivity index (χ1v) is 10.5. The van der Waals surface area contributed by atoms with Crippen LogP contribution < -0.4 is 5.32 Å². The molecule has 3 rings (SSSR count). The van der Waals surface area contributed by atoms with Gasteiger partial charge in [-0.15, -0.1) is 23.4 Å². The van der Waals surface area contributed by atoms with E-state index in [1.165, 1.54) is 16.7 Å². The lowest BCUT2D eigenvalue weighted by molar-refractivity contribution is 0.245. The maximum Gasteiger partial charge on any atom is 0.128 e. The molecule has 128 valence electrons. The molecular weight excluding hydrogens is 455 g/mol. The highest BCUT2D eigenvalue weighted by Crippen LogP contribution is 2.27. The van der Waals surface area contributed by atoms with Gasteiger partial charge in [-0.2, -0.15) is 0 Å². The van der Waals surface area contributed by atoms with Crippen LogP contribution in [-0.4, -0.2) is 26.3 Å². The second kappa shape index (κ2) is 8.15. The Labute approximate surface area is 166 Å². The lowest BCUT2D eigenvalue weighted by Crippen LogP contribution is -2.25. The fourth-order valence-electron chi connectivity index (χ4n) is 2.56. The minimum absolute atomic E-state index is 0.00460. The Morgan fingerprint density at radius 3 is 3.00 bits per heavy atom. The van der Waals surface area contributed by atoms with Crippen molar-refractivity contribution in [3.05, 3.63) is 64.2 Å². The molecule has 1 aliphatic heterocycles. The summed E-state index contributed by atoms with van der Waals surface area (Å²) < 4.78 is 6.18. The van der Waals surface area contributed by atoms with Crippen LogP contribution >= 0.6 is 46.0 Å². The molecule has 0 radical (unpaired) electrons. The highest BCUT2D eigenvalue weighted by molar-refractivity contribution is 14.1. The van der Waals surface area contributed by atoms with Crippen molar-refractivity contribution in [2.24, 2.45) is 0 Å². The maximum atomic E-state index is 6.24. The lowest BCUT2D eigenvalue weighted by atomic mass is 10.0. The quantitative estimate of drug-likeness (QED) is 0.499. The predicted octanol–water partition coefficient (Wildman–Crippen LogP) is 4.63. The summed E-state index contributed by atoms with van der Waals surface area (Å²) in [5.41, 5.74) is 4.98. The summed E-state index contributed by atoms with van der Waals surface area (Å²) in [5.74, 6) is 0.845. The number of rotatable bonds is 5. The number of nitrogens with one attached hydrogen (secondary N) is 1. The summed E-state index contributed by atoms with van der Waals surface area (Å²) in [6, 6.07) is 0. The van der Waals surface area contributed by atoms with Gasteiger partial charge < -0.3 is 10.1 Å². The van der Waals surface area contributed by atoms with Crippen LogP contribution in [-0.2, 0) is 11.2 Å². The summed E-state index contributed by atoms with van der Waals surface area (Å²) in [5, 5.41) is 6.01. The van der Waals surface area contributed by atoms with Gasteiger partial charge in [-0.1, -0.05) is 28.7 Å². The molecule has 0 bridgehead atoms. The van der Waals surface area contributed by atoms with Crippen molar-refractivity contribution in [2.75, 3.05) is 6.61 Å². The average molecular weight is 475 g/mol. The number of allylic oxidation sites excluding steroid dienone is 3. The van der Waals surface area contributed by atoms with Crippen LogP contribution in [0, 0.1) is 13.8 Å². The molecule has 1 N–H and O–H groups in total. The van der Waals surface area contributed by atoms with Crippen LogP contribution in [0.3, 0.4) is 0 Å². The van der Waals surface area contributed by atoms with E-state index in [9.17, 15) is 0 Å². The van der Waals surface area contributed by atoms with E-state index >= 15 is 0 Å². The molecular formula is C18H20ClIN2OS. The zero-order valence-electron chi connectivity index (χ0n) is 13.6. The Morgan fingerprint density at radius 2 is 2.21 bits per heavy atom. The van der Waals surface area contributed by atoms with Crippen LogP contribution in [0.1, 0.15) is 16.7 Å². The predicted molar refractivity (Wildman–Crippen MR) is 111 cm³/mol. The Balaban J connectivity index is 1.50. The highest BCUT2D eigenvalue weighted by Gasteiger charge is 2.20. The summed E-state index contributed by atoms with van der Waals surface area (Å²) in [6.45, 7) is 4.81. The van der Waals surface area contributed by atoms with E-state index in [0.29, 0.717) is 15.9 Å². The molecule has 0 fully saturated rings. The van der Waals surface area contributed by atoms with Gasteiger partial charge >= 0.3 is 0 Å². The van der Waals surface area contributed by atoms with Crippen molar-refractivity contribution in [3.8, 4) is 0 Å². The Kier molecular flexibility index (Phi) is 6.16. The monoisotopic (exact) mass is 474 g/mol. The third kappa shape index (κ3) is 4.49. The zero-order chi connectivity index (χ0) is 17.1. The number of hydrogen-bond donors (Lipinski definition) is 1. The van der Waals surface area contributed by atoms with Gasteiger partial charge in [0.2, 0.25) is 0 Å². The number of pyridine rings is 1. The minimum Gasteiger partial charge on any atom is -0.488 e. The van der Waals surface area contributed by atoms with Crippen molar-refractivity contribution in [1.29, 1.82) is 0 Å². The molecule has 3 atom stereocenters. The fraction of sp³-hybridized carbons (Fsp3) is 0.389. The zero-order valence-corrected chi connectivity index (χ0v) is 17.4. The van der Waals surface area contributed by atoms with E-state index in [-0.39, 0.29) is 5.38 Å². The molecule has 1 aromatic rings.